The quantitative estimate of drug-likeness (QED) is 0.193. The number of ether oxygens (including phenoxy) is 1. The molecule has 49 heavy (non-hydrogen) atoms. The molecule has 3 heterocycles. The molecule has 0 saturated carbocycles. The summed E-state index contributed by atoms with van der Waals surface area (Å²) in [6.45, 7) is 4.64. The first kappa shape index (κ1) is 27.8. The molecular formula is C45H32N2O2. The van der Waals surface area contributed by atoms with E-state index in [0.717, 1.165) is 61.9 Å². The van der Waals surface area contributed by atoms with E-state index in [1.54, 1.807) is 0 Å². The van der Waals surface area contributed by atoms with E-state index in [-0.39, 0.29) is 5.41 Å². The van der Waals surface area contributed by atoms with E-state index in [1.807, 2.05) is 18.2 Å². The topological polar surface area (TPSA) is 28.9 Å². The van der Waals surface area contributed by atoms with E-state index in [0.29, 0.717) is 0 Å². The van der Waals surface area contributed by atoms with Crippen LogP contribution in [0.4, 0.5) is 34.1 Å². The summed E-state index contributed by atoms with van der Waals surface area (Å²) in [5, 5.41) is 2.19. The predicted molar refractivity (Wildman–Crippen MR) is 201 cm³/mol. The number of rotatable bonds is 4. The second kappa shape index (κ2) is 10.4. The highest BCUT2D eigenvalue weighted by Gasteiger charge is 2.42. The van der Waals surface area contributed by atoms with Gasteiger partial charge in [0.15, 0.2) is 17.1 Å². The van der Waals surface area contributed by atoms with Crippen molar-refractivity contribution in [2.45, 2.75) is 19.3 Å². The summed E-state index contributed by atoms with van der Waals surface area (Å²) in [6, 6.07) is 55.7. The molecule has 7 aromatic carbocycles. The summed E-state index contributed by atoms with van der Waals surface area (Å²) in [7, 11) is 0. The van der Waals surface area contributed by atoms with Crippen LogP contribution in [0.1, 0.15) is 25.0 Å². The fraction of sp³-hybridized carbons (Fsp3) is 0.0667. The van der Waals surface area contributed by atoms with Gasteiger partial charge in [-0.15, -0.1) is 0 Å². The zero-order chi connectivity index (χ0) is 32.7. The van der Waals surface area contributed by atoms with Crippen molar-refractivity contribution in [2.24, 2.45) is 0 Å². The van der Waals surface area contributed by atoms with Crippen LogP contribution < -0.4 is 14.5 Å². The summed E-state index contributed by atoms with van der Waals surface area (Å²) in [6.07, 6.45) is 0. The molecule has 2 aliphatic rings. The van der Waals surface area contributed by atoms with E-state index in [1.165, 1.54) is 27.9 Å². The molecule has 10 rings (SSSR count). The Balaban J connectivity index is 1.24. The molecule has 0 amide bonds. The second-order valence-electron chi connectivity index (χ2n) is 13.4. The van der Waals surface area contributed by atoms with Gasteiger partial charge in [0.05, 0.1) is 28.4 Å². The van der Waals surface area contributed by atoms with Crippen molar-refractivity contribution in [3.8, 4) is 22.6 Å². The smallest absolute Gasteiger partial charge is 0.159 e. The van der Waals surface area contributed by atoms with Crippen molar-refractivity contribution in [3.63, 3.8) is 0 Å². The molecule has 2 aliphatic heterocycles. The maximum atomic E-state index is 6.82. The zero-order valence-electron chi connectivity index (χ0n) is 27.2. The number of para-hydroxylation sites is 5. The molecule has 0 atom stereocenters. The van der Waals surface area contributed by atoms with Crippen LogP contribution in [-0.2, 0) is 5.41 Å². The fourth-order valence-corrected chi connectivity index (χ4v) is 7.84. The van der Waals surface area contributed by atoms with Gasteiger partial charge in [0.2, 0.25) is 0 Å². The Labute approximate surface area is 285 Å². The third kappa shape index (κ3) is 4.10. The van der Waals surface area contributed by atoms with Gasteiger partial charge in [-0.05, 0) is 70.8 Å². The summed E-state index contributed by atoms with van der Waals surface area (Å²) in [5.41, 5.74) is 12.6. The third-order valence-corrected chi connectivity index (χ3v) is 10.2. The standard InChI is InChI=1S/C45H32N2O2/c1-45(2)35-17-7-8-18-37(35)47-38-19-9-11-22-41(38)48-42-28-32(27-36(45)43(42)47)46(31-25-23-30(24-26-31)29-13-4-3-5-14-29)39-20-12-16-34-33-15-6-10-21-40(33)49-44(34)39/h3-28H,1-2H3. The molecule has 0 saturated heterocycles. The average molecular weight is 633 g/mol. The third-order valence-electron chi connectivity index (χ3n) is 10.2. The lowest BCUT2D eigenvalue weighted by Crippen LogP contribution is -2.32. The van der Waals surface area contributed by atoms with E-state index in [2.05, 4.69) is 163 Å². The maximum absolute atomic E-state index is 6.82. The Bertz CT molecular complexity index is 2570. The van der Waals surface area contributed by atoms with Gasteiger partial charge in [0, 0.05) is 27.9 Å². The van der Waals surface area contributed by atoms with Crippen LogP contribution in [0.2, 0.25) is 0 Å². The number of furan rings is 1. The molecule has 0 spiro atoms. The number of nitrogens with zero attached hydrogens (tertiary/aromatic N) is 2. The molecule has 0 radical (unpaired) electrons. The highest BCUT2D eigenvalue weighted by Crippen LogP contribution is 2.61. The molecule has 0 aliphatic carbocycles. The van der Waals surface area contributed by atoms with Crippen molar-refractivity contribution in [2.75, 3.05) is 9.80 Å². The van der Waals surface area contributed by atoms with Crippen LogP contribution in [0, 0.1) is 0 Å². The lowest BCUT2D eigenvalue weighted by atomic mass is 9.73. The first-order valence-corrected chi connectivity index (χ1v) is 16.8. The van der Waals surface area contributed by atoms with Crippen LogP contribution >= 0.6 is 0 Å². The highest BCUT2D eigenvalue weighted by atomic mass is 16.5. The fourth-order valence-electron chi connectivity index (χ4n) is 7.84. The summed E-state index contributed by atoms with van der Waals surface area (Å²) in [4.78, 5) is 4.70. The summed E-state index contributed by atoms with van der Waals surface area (Å²) >= 11 is 0. The largest absolute Gasteiger partial charge is 0.454 e. The van der Waals surface area contributed by atoms with Gasteiger partial charge in [0.1, 0.15) is 5.58 Å². The van der Waals surface area contributed by atoms with E-state index >= 15 is 0 Å². The maximum Gasteiger partial charge on any atom is 0.159 e. The highest BCUT2D eigenvalue weighted by molar-refractivity contribution is 6.10. The minimum atomic E-state index is -0.295. The number of hydrogen-bond acceptors (Lipinski definition) is 4. The Morgan fingerprint density at radius 1 is 0.531 bits per heavy atom. The predicted octanol–water partition coefficient (Wildman–Crippen LogP) is 12.9. The molecule has 234 valence electrons. The van der Waals surface area contributed by atoms with Crippen LogP contribution in [0.25, 0.3) is 33.1 Å². The number of anilines is 6. The van der Waals surface area contributed by atoms with Crippen LogP contribution in [-0.4, -0.2) is 0 Å². The summed E-state index contributed by atoms with van der Waals surface area (Å²) < 4.78 is 13.5. The van der Waals surface area contributed by atoms with E-state index in [4.69, 9.17) is 9.15 Å². The molecule has 0 unspecified atom stereocenters. The van der Waals surface area contributed by atoms with Crippen molar-refractivity contribution >= 4 is 56.1 Å². The normalized spacial score (nSPS) is 13.8. The van der Waals surface area contributed by atoms with Gasteiger partial charge in [-0.25, -0.2) is 0 Å². The average Bonchev–Trinajstić information content (AvgIpc) is 3.53. The minimum absolute atomic E-state index is 0.295. The molecule has 0 fully saturated rings. The molecule has 0 N–H and O–H groups in total. The Morgan fingerprint density at radius 2 is 1.22 bits per heavy atom. The monoisotopic (exact) mass is 632 g/mol. The Hall–Kier alpha value is -6.26. The Morgan fingerprint density at radius 3 is 2.08 bits per heavy atom. The van der Waals surface area contributed by atoms with Gasteiger partial charge >= 0.3 is 0 Å². The van der Waals surface area contributed by atoms with Gasteiger partial charge in [-0.1, -0.05) is 117 Å². The molecule has 0 bridgehead atoms. The van der Waals surface area contributed by atoms with Gasteiger partial charge in [-0.2, -0.15) is 0 Å². The molecular weight excluding hydrogens is 601 g/mol. The number of fused-ring (bicyclic) bond motifs is 7. The number of benzene rings is 7. The van der Waals surface area contributed by atoms with Gasteiger partial charge in [-0.3, -0.25) is 0 Å². The lowest BCUT2D eigenvalue weighted by Gasteiger charge is -2.45. The van der Waals surface area contributed by atoms with Crippen LogP contribution in [0.15, 0.2) is 162 Å². The van der Waals surface area contributed by atoms with E-state index < -0.39 is 0 Å². The van der Waals surface area contributed by atoms with Crippen molar-refractivity contribution in [3.05, 3.63) is 169 Å². The van der Waals surface area contributed by atoms with Crippen molar-refractivity contribution < 1.29 is 9.15 Å². The van der Waals surface area contributed by atoms with E-state index in [9.17, 15) is 0 Å². The van der Waals surface area contributed by atoms with Crippen LogP contribution in [0.5, 0.6) is 11.5 Å². The zero-order valence-corrected chi connectivity index (χ0v) is 27.2. The van der Waals surface area contributed by atoms with Gasteiger partial charge in [0.25, 0.3) is 0 Å². The second-order valence-corrected chi connectivity index (χ2v) is 13.4. The molecule has 4 heteroatoms. The van der Waals surface area contributed by atoms with Crippen molar-refractivity contribution in [1.82, 2.24) is 0 Å². The van der Waals surface area contributed by atoms with Crippen molar-refractivity contribution in [1.29, 1.82) is 0 Å². The lowest BCUT2D eigenvalue weighted by molar-refractivity contribution is 0.471. The molecule has 4 nitrogen and oxygen atoms in total. The number of hydrogen-bond donors (Lipinski definition) is 0. The first-order chi connectivity index (χ1) is 24.1. The van der Waals surface area contributed by atoms with Gasteiger partial charge < -0.3 is 19.0 Å². The first-order valence-electron chi connectivity index (χ1n) is 16.8. The summed E-state index contributed by atoms with van der Waals surface area (Å²) in [5.74, 6) is 1.67. The molecule has 1 aromatic heterocycles. The Kier molecular flexibility index (Phi) is 5.89. The molecule has 8 aromatic rings. The van der Waals surface area contributed by atoms with Crippen LogP contribution in [0.3, 0.4) is 0 Å². The SMILES string of the molecule is CC1(C)c2ccccc2N2c3ccccc3Oc3cc(N(c4ccc(-c5ccccc5)cc4)c4cccc5c4oc4ccccc45)cc1c32. The minimum Gasteiger partial charge on any atom is -0.454 e.